The molecule has 1 fully saturated rings. The van der Waals surface area contributed by atoms with Crippen molar-refractivity contribution in [2.45, 2.75) is 25.7 Å². The topological polar surface area (TPSA) is 68.0 Å². The molecule has 1 saturated carbocycles. The minimum Gasteiger partial charge on any atom is -0.389 e. The number of aromatic nitrogens is 1. The molecular formula is C13H17N3OS. The fraction of sp³-hybridized carbons (Fsp3) is 0.462. The highest BCUT2D eigenvalue weighted by molar-refractivity contribution is 7.80. The summed E-state index contributed by atoms with van der Waals surface area (Å²) in [6.07, 6.45) is 6.50. The molecule has 2 rings (SSSR count). The van der Waals surface area contributed by atoms with Crippen LogP contribution < -0.4 is 11.1 Å². The molecule has 18 heavy (non-hydrogen) atoms. The minimum absolute atomic E-state index is 0.139. The number of nitrogens with two attached hydrogens (primary N) is 1. The second-order valence-electron chi connectivity index (χ2n) is 4.64. The van der Waals surface area contributed by atoms with Gasteiger partial charge in [-0.15, -0.1) is 0 Å². The van der Waals surface area contributed by atoms with Gasteiger partial charge >= 0.3 is 0 Å². The number of hydrogen-bond acceptors (Lipinski definition) is 3. The second kappa shape index (κ2) is 5.91. The van der Waals surface area contributed by atoms with Crippen LogP contribution in [-0.2, 0) is 0 Å². The van der Waals surface area contributed by atoms with Gasteiger partial charge in [0.1, 0.15) is 10.7 Å². The van der Waals surface area contributed by atoms with Gasteiger partial charge in [0, 0.05) is 18.3 Å². The Morgan fingerprint density at radius 2 is 2.28 bits per heavy atom. The molecule has 0 unspecified atom stereocenters. The molecule has 0 radical (unpaired) electrons. The number of nitrogens with zero attached hydrogens (tertiary/aromatic N) is 1. The monoisotopic (exact) mass is 263 g/mol. The molecule has 4 nitrogen and oxygen atoms in total. The predicted octanol–water partition coefficient (Wildman–Crippen LogP) is 1.64. The van der Waals surface area contributed by atoms with Crippen molar-refractivity contribution in [1.29, 1.82) is 0 Å². The van der Waals surface area contributed by atoms with E-state index in [4.69, 9.17) is 18.0 Å². The highest BCUT2D eigenvalue weighted by Gasteiger charge is 2.20. The third-order valence-electron chi connectivity index (χ3n) is 3.05. The zero-order chi connectivity index (χ0) is 13.0. The molecule has 0 atom stereocenters. The van der Waals surface area contributed by atoms with E-state index in [0.717, 1.165) is 12.3 Å². The van der Waals surface area contributed by atoms with Crippen LogP contribution in [0.1, 0.15) is 41.7 Å². The van der Waals surface area contributed by atoms with Crippen LogP contribution >= 0.6 is 12.2 Å². The number of hydrogen-bond donors (Lipinski definition) is 2. The van der Waals surface area contributed by atoms with Crippen LogP contribution in [0.25, 0.3) is 0 Å². The van der Waals surface area contributed by atoms with Gasteiger partial charge in [-0.3, -0.25) is 9.78 Å². The summed E-state index contributed by atoms with van der Waals surface area (Å²) >= 11 is 4.82. The summed E-state index contributed by atoms with van der Waals surface area (Å²) in [5.74, 6) is 0.769. The fourth-order valence-corrected chi connectivity index (χ4v) is 1.88. The molecule has 0 spiro atoms. The van der Waals surface area contributed by atoms with Gasteiger partial charge in [-0.2, -0.15) is 0 Å². The first-order chi connectivity index (χ1) is 8.66. The lowest BCUT2D eigenvalue weighted by Crippen LogP contribution is -2.25. The zero-order valence-electron chi connectivity index (χ0n) is 10.2. The average Bonchev–Trinajstić information content (AvgIpc) is 3.18. The number of nitrogens with one attached hydrogen (secondary N) is 1. The number of rotatable bonds is 6. The number of thiocarbonyl (C=S) groups is 1. The molecule has 0 aromatic carbocycles. The van der Waals surface area contributed by atoms with Crippen molar-refractivity contribution >= 4 is 23.1 Å². The molecule has 1 aliphatic carbocycles. The third-order valence-corrected chi connectivity index (χ3v) is 3.29. The van der Waals surface area contributed by atoms with Gasteiger partial charge in [0.15, 0.2) is 0 Å². The van der Waals surface area contributed by atoms with Crippen LogP contribution in [0, 0.1) is 5.92 Å². The van der Waals surface area contributed by atoms with Crippen LogP contribution in [0.4, 0.5) is 0 Å². The highest BCUT2D eigenvalue weighted by Crippen LogP contribution is 2.33. The van der Waals surface area contributed by atoms with Crippen molar-refractivity contribution in [3.05, 3.63) is 29.6 Å². The lowest BCUT2D eigenvalue weighted by molar-refractivity contribution is 0.0948. The molecule has 1 amide bonds. The van der Waals surface area contributed by atoms with Crippen molar-refractivity contribution in [1.82, 2.24) is 10.3 Å². The molecule has 0 saturated heterocycles. The second-order valence-corrected chi connectivity index (χ2v) is 5.08. The maximum atomic E-state index is 11.7. The number of pyridine rings is 1. The summed E-state index contributed by atoms with van der Waals surface area (Å²) in [5, 5.41) is 2.87. The lowest BCUT2D eigenvalue weighted by Gasteiger charge is -2.04. The van der Waals surface area contributed by atoms with E-state index in [0.29, 0.717) is 22.8 Å². The largest absolute Gasteiger partial charge is 0.389 e. The Kier molecular flexibility index (Phi) is 4.25. The Balaban J connectivity index is 1.78. The molecule has 1 aromatic heterocycles. The Hall–Kier alpha value is -1.49. The molecule has 1 aromatic rings. The average molecular weight is 263 g/mol. The number of carbonyl (C=O) groups is 1. The first-order valence-corrected chi connectivity index (χ1v) is 6.61. The predicted molar refractivity (Wildman–Crippen MR) is 74.4 cm³/mol. The molecule has 5 heteroatoms. The first-order valence-electron chi connectivity index (χ1n) is 6.21. The third kappa shape index (κ3) is 3.77. The summed E-state index contributed by atoms with van der Waals surface area (Å²) in [6.45, 7) is 0.716. The van der Waals surface area contributed by atoms with Crippen LogP contribution in [0.15, 0.2) is 18.3 Å². The Morgan fingerprint density at radius 3 is 2.83 bits per heavy atom. The molecule has 0 bridgehead atoms. The van der Waals surface area contributed by atoms with Crippen molar-refractivity contribution in [2.24, 2.45) is 11.7 Å². The van der Waals surface area contributed by atoms with Crippen LogP contribution in [0.3, 0.4) is 0 Å². The van der Waals surface area contributed by atoms with E-state index in [9.17, 15) is 4.79 Å². The van der Waals surface area contributed by atoms with Gasteiger partial charge < -0.3 is 11.1 Å². The summed E-state index contributed by atoms with van der Waals surface area (Å²) in [6, 6.07) is 3.36. The smallest absolute Gasteiger partial charge is 0.269 e. The summed E-state index contributed by atoms with van der Waals surface area (Å²) in [7, 11) is 0. The Labute approximate surface area is 112 Å². The van der Waals surface area contributed by atoms with E-state index in [2.05, 4.69) is 10.3 Å². The molecule has 0 aliphatic heterocycles. The number of amides is 1. The van der Waals surface area contributed by atoms with Crippen LogP contribution in [0.5, 0.6) is 0 Å². The number of carbonyl (C=O) groups excluding carboxylic acids is 1. The lowest BCUT2D eigenvalue weighted by atomic mass is 10.2. The van der Waals surface area contributed by atoms with Gasteiger partial charge in [-0.05, 0) is 30.9 Å². The molecule has 1 aliphatic rings. The first kappa shape index (κ1) is 13.0. The summed E-state index contributed by atoms with van der Waals surface area (Å²) in [5.41, 5.74) is 6.54. The molecule has 3 N–H and O–H groups in total. The van der Waals surface area contributed by atoms with Crippen molar-refractivity contribution < 1.29 is 4.79 Å². The van der Waals surface area contributed by atoms with Gasteiger partial charge in [0.2, 0.25) is 0 Å². The SMILES string of the molecule is NC(=S)c1ccc(C(=O)NCCCC2CC2)nc1. The maximum absolute atomic E-state index is 11.7. The van der Waals surface area contributed by atoms with Crippen molar-refractivity contribution in [3.8, 4) is 0 Å². The fourth-order valence-electron chi connectivity index (χ4n) is 1.76. The van der Waals surface area contributed by atoms with E-state index < -0.39 is 0 Å². The van der Waals surface area contributed by atoms with Gasteiger partial charge in [0.05, 0.1) is 0 Å². The molecular weight excluding hydrogens is 246 g/mol. The van der Waals surface area contributed by atoms with Gasteiger partial charge in [0.25, 0.3) is 5.91 Å². The zero-order valence-corrected chi connectivity index (χ0v) is 11.0. The quantitative estimate of drug-likeness (QED) is 0.605. The summed E-state index contributed by atoms with van der Waals surface area (Å²) < 4.78 is 0. The van der Waals surface area contributed by atoms with Gasteiger partial charge in [-0.1, -0.05) is 25.1 Å². The van der Waals surface area contributed by atoms with E-state index in [1.807, 2.05) is 0 Å². The summed E-state index contributed by atoms with van der Waals surface area (Å²) in [4.78, 5) is 16.1. The van der Waals surface area contributed by atoms with Crippen LogP contribution in [0.2, 0.25) is 0 Å². The Morgan fingerprint density at radius 1 is 1.50 bits per heavy atom. The van der Waals surface area contributed by atoms with E-state index >= 15 is 0 Å². The van der Waals surface area contributed by atoms with Crippen molar-refractivity contribution in [3.63, 3.8) is 0 Å². The van der Waals surface area contributed by atoms with E-state index in [-0.39, 0.29) is 5.91 Å². The Bertz CT molecular complexity index is 440. The molecule has 1 heterocycles. The van der Waals surface area contributed by atoms with Crippen molar-refractivity contribution in [2.75, 3.05) is 6.54 Å². The standard InChI is InChI=1S/C13H17N3OS/c14-12(18)10-5-6-11(16-8-10)13(17)15-7-1-2-9-3-4-9/h5-6,8-9H,1-4,7H2,(H2,14,18)(H,15,17). The highest BCUT2D eigenvalue weighted by atomic mass is 32.1. The van der Waals surface area contributed by atoms with Crippen LogP contribution in [-0.4, -0.2) is 22.4 Å². The van der Waals surface area contributed by atoms with Gasteiger partial charge in [-0.25, -0.2) is 0 Å². The van der Waals surface area contributed by atoms with E-state index in [1.54, 1.807) is 12.1 Å². The minimum atomic E-state index is -0.139. The maximum Gasteiger partial charge on any atom is 0.269 e. The normalized spacial score (nSPS) is 14.2. The molecule has 96 valence electrons. The van der Waals surface area contributed by atoms with E-state index in [1.165, 1.54) is 25.5 Å².